The molecule has 0 aliphatic heterocycles. The number of esters is 1. The quantitative estimate of drug-likeness (QED) is 0.316. The van der Waals surface area contributed by atoms with Gasteiger partial charge in [-0.1, -0.05) is 66.7 Å². The van der Waals surface area contributed by atoms with Crippen molar-refractivity contribution in [3.05, 3.63) is 96.8 Å². The van der Waals surface area contributed by atoms with Gasteiger partial charge in [0.05, 0.1) is 12.2 Å². The van der Waals surface area contributed by atoms with Crippen molar-refractivity contribution in [2.45, 2.75) is 0 Å². The number of nitrogens with one attached hydrogen (secondary N) is 1. The number of para-hydroxylation sites is 2. The average Bonchev–Trinajstić information content (AvgIpc) is 3.33. The molecule has 4 rings (SSSR count). The van der Waals surface area contributed by atoms with Gasteiger partial charge in [-0.2, -0.15) is 0 Å². The van der Waals surface area contributed by atoms with Crippen LogP contribution in [0.5, 0.6) is 5.75 Å². The van der Waals surface area contributed by atoms with E-state index in [0.29, 0.717) is 18.2 Å². The number of hydrogen-bond acceptors (Lipinski definition) is 6. The number of hydrogen-bond donors (Lipinski definition) is 1. The molecular formula is C25H22N4O4. The van der Waals surface area contributed by atoms with Crippen LogP contribution >= 0.6 is 0 Å². The number of nitrogens with zero attached hydrogens (tertiary/aromatic N) is 3. The zero-order chi connectivity index (χ0) is 22.9. The fourth-order valence-corrected chi connectivity index (χ4v) is 3.04. The summed E-state index contributed by atoms with van der Waals surface area (Å²) < 4.78 is 12.2. The summed E-state index contributed by atoms with van der Waals surface area (Å²) in [6.07, 6.45) is 0. The van der Waals surface area contributed by atoms with Gasteiger partial charge in [-0.25, -0.2) is 14.5 Å². The highest BCUT2D eigenvalue weighted by atomic mass is 16.5. The van der Waals surface area contributed by atoms with Crippen molar-refractivity contribution in [3.8, 4) is 22.8 Å². The first-order chi connectivity index (χ1) is 16.2. The third-order valence-corrected chi connectivity index (χ3v) is 4.59. The van der Waals surface area contributed by atoms with Crippen molar-refractivity contribution in [2.24, 2.45) is 0 Å². The maximum Gasteiger partial charge on any atom is 0.378 e. The Balaban J connectivity index is 1.36. The van der Waals surface area contributed by atoms with E-state index in [1.165, 1.54) is 0 Å². The zero-order valence-corrected chi connectivity index (χ0v) is 17.8. The molecule has 0 spiro atoms. The molecule has 0 atom stereocenters. The largest absolute Gasteiger partial charge is 0.492 e. The summed E-state index contributed by atoms with van der Waals surface area (Å²) in [5.74, 6) is -0.134. The van der Waals surface area contributed by atoms with Crippen molar-refractivity contribution in [3.63, 3.8) is 0 Å². The molecule has 4 aromatic rings. The summed E-state index contributed by atoms with van der Waals surface area (Å²) in [5, 5.41) is 6.96. The zero-order valence-electron chi connectivity index (χ0n) is 17.8. The fraction of sp³-hybridized carbons (Fsp3) is 0.120. The van der Waals surface area contributed by atoms with Crippen molar-refractivity contribution in [1.29, 1.82) is 0 Å². The molecule has 0 saturated carbocycles. The Morgan fingerprint density at radius 1 is 0.848 bits per heavy atom. The van der Waals surface area contributed by atoms with Crippen LogP contribution in [-0.4, -0.2) is 46.4 Å². The van der Waals surface area contributed by atoms with Crippen LogP contribution in [0, 0.1) is 0 Å². The van der Waals surface area contributed by atoms with Crippen LogP contribution < -0.4 is 10.1 Å². The Morgan fingerprint density at radius 2 is 1.48 bits per heavy atom. The number of ether oxygens (including phenoxy) is 2. The normalized spacial score (nSPS) is 10.4. The van der Waals surface area contributed by atoms with Gasteiger partial charge in [-0.05, 0) is 24.3 Å². The molecule has 0 fully saturated rings. The molecule has 0 radical (unpaired) electrons. The Kier molecular flexibility index (Phi) is 7.07. The van der Waals surface area contributed by atoms with E-state index >= 15 is 0 Å². The van der Waals surface area contributed by atoms with E-state index in [9.17, 15) is 9.59 Å². The second kappa shape index (κ2) is 10.7. The molecule has 1 heterocycles. The predicted octanol–water partition coefficient (Wildman–Crippen LogP) is 3.29. The van der Waals surface area contributed by atoms with Gasteiger partial charge in [-0.15, -0.1) is 5.10 Å². The summed E-state index contributed by atoms with van der Waals surface area (Å²) in [7, 11) is 0. The average molecular weight is 442 g/mol. The minimum Gasteiger partial charge on any atom is -0.492 e. The van der Waals surface area contributed by atoms with Gasteiger partial charge in [0.1, 0.15) is 12.4 Å². The van der Waals surface area contributed by atoms with Crippen LogP contribution in [0.25, 0.3) is 17.1 Å². The molecule has 33 heavy (non-hydrogen) atoms. The molecule has 1 aromatic heterocycles. The van der Waals surface area contributed by atoms with Gasteiger partial charge in [-0.3, -0.25) is 4.79 Å². The first-order valence-electron chi connectivity index (χ1n) is 10.4. The number of amides is 1. The molecule has 1 amide bonds. The van der Waals surface area contributed by atoms with E-state index < -0.39 is 18.5 Å². The standard InChI is InChI=1S/C25H22N4O4/c30-22(26-16-17-32-21-14-8-3-9-15-21)18-33-25(31)23-27-24(19-10-4-1-5-11-19)29(28-23)20-12-6-2-7-13-20/h1-15H,16-18H2,(H,26,30). The second-order valence-corrected chi connectivity index (χ2v) is 6.96. The maximum atomic E-state index is 12.5. The molecule has 1 N–H and O–H groups in total. The third kappa shape index (κ3) is 5.82. The monoisotopic (exact) mass is 442 g/mol. The lowest BCUT2D eigenvalue weighted by molar-refractivity contribution is -0.124. The summed E-state index contributed by atoms with van der Waals surface area (Å²) in [5.41, 5.74) is 1.54. The van der Waals surface area contributed by atoms with E-state index in [1.54, 1.807) is 4.68 Å². The smallest absolute Gasteiger partial charge is 0.378 e. The van der Waals surface area contributed by atoms with Crippen molar-refractivity contribution in [1.82, 2.24) is 20.1 Å². The second-order valence-electron chi connectivity index (χ2n) is 6.96. The van der Waals surface area contributed by atoms with Gasteiger partial charge < -0.3 is 14.8 Å². The molecule has 0 unspecified atom stereocenters. The fourth-order valence-electron chi connectivity index (χ4n) is 3.04. The van der Waals surface area contributed by atoms with Crippen LogP contribution in [0.1, 0.15) is 10.6 Å². The summed E-state index contributed by atoms with van der Waals surface area (Å²) >= 11 is 0. The van der Waals surface area contributed by atoms with E-state index in [-0.39, 0.29) is 12.4 Å². The van der Waals surface area contributed by atoms with E-state index in [0.717, 1.165) is 11.3 Å². The summed E-state index contributed by atoms with van der Waals surface area (Å²) in [6.45, 7) is 0.141. The van der Waals surface area contributed by atoms with Crippen molar-refractivity contribution >= 4 is 11.9 Å². The number of aromatic nitrogens is 3. The number of carbonyl (C=O) groups is 2. The van der Waals surface area contributed by atoms with Gasteiger partial charge in [0, 0.05) is 5.56 Å². The van der Waals surface area contributed by atoms with Crippen LogP contribution in [0.4, 0.5) is 0 Å². The minimum atomic E-state index is -0.780. The van der Waals surface area contributed by atoms with E-state index in [1.807, 2.05) is 91.0 Å². The predicted molar refractivity (Wildman–Crippen MR) is 122 cm³/mol. The highest BCUT2D eigenvalue weighted by Gasteiger charge is 2.20. The Labute approximate surface area is 190 Å². The molecule has 3 aromatic carbocycles. The maximum absolute atomic E-state index is 12.5. The molecule has 0 saturated heterocycles. The van der Waals surface area contributed by atoms with E-state index in [2.05, 4.69) is 15.4 Å². The SMILES string of the molecule is O=C(COC(=O)c1nc(-c2ccccc2)n(-c2ccccc2)n1)NCCOc1ccccc1. The van der Waals surface area contributed by atoms with Crippen LogP contribution in [0.3, 0.4) is 0 Å². The first kappa shape index (κ1) is 21.8. The van der Waals surface area contributed by atoms with Gasteiger partial charge in [0.15, 0.2) is 12.4 Å². The summed E-state index contributed by atoms with van der Waals surface area (Å²) in [4.78, 5) is 28.9. The van der Waals surface area contributed by atoms with Crippen molar-refractivity contribution < 1.29 is 19.1 Å². The van der Waals surface area contributed by atoms with Gasteiger partial charge in [0.25, 0.3) is 11.7 Å². The number of carbonyl (C=O) groups excluding carboxylic acids is 2. The van der Waals surface area contributed by atoms with Crippen LogP contribution in [0.15, 0.2) is 91.0 Å². The molecular weight excluding hydrogens is 420 g/mol. The van der Waals surface area contributed by atoms with Crippen molar-refractivity contribution in [2.75, 3.05) is 19.8 Å². The third-order valence-electron chi connectivity index (χ3n) is 4.59. The molecule has 8 heteroatoms. The lowest BCUT2D eigenvalue weighted by Crippen LogP contribution is -2.32. The first-order valence-corrected chi connectivity index (χ1v) is 10.4. The molecule has 0 bridgehead atoms. The molecule has 0 aliphatic carbocycles. The highest BCUT2D eigenvalue weighted by Crippen LogP contribution is 2.21. The van der Waals surface area contributed by atoms with Crippen LogP contribution in [-0.2, 0) is 9.53 Å². The van der Waals surface area contributed by atoms with Gasteiger partial charge in [0.2, 0.25) is 0 Å². The molecule has 166 valence electrons. The Bertz CT molecular complexity index is 1140. The topological polar surface area (TPSA) is 95.3 Å². The van der Waals surface area contributed by atoms with Gasteiger partial charge >= 0.3 is 5.97 Å². The minimum absolute atomic E-state index is 0.127. The lowest BCUT2D eigenvalue weighted by Gasteiger charge is -2.07. The summed E-state index contributed by atoms with van der Waals surface area (Å²) in [6, 6.07) is 28.0. The molecule has 8 nitrogen and oxygen atoms in total. The van der Waals surface area contributed by atoms with E-state index in [4.69, 9.17) is 9.47 Å². The number of benzene rings is 3. The number of rotatable bonds is 9. The highest BCUT2D eigenvalue weighted by molar-refractivity contribution is 5.88. The van der Waals surface area contributed by atoms with Crippen LogP contribution in [0.2, 0.25) is 0 Å². The molecule has 0 aliphatic rings. The Morgan fingerprint density at radius 3 is 2.18 bits per heavy atom. The lowest BCUT2D eigenvalue weighted by atomic mass is 10.2. The Hall–Kier alpha value is -4.46.